The summed E-state index contributed by atoms with van der Waals surface area (Å²) < 4.78 is 0. The summed E-state index contributed by atoms with van der Waals surface area (Å²) >= 11 is 0. The highest BCUT2D eigenvalue weighted by Gasteiger charge is 2.21. The van der Waals surface area contributed by atoms with E-state index in [9.17, 15) is 9.90 Å². The standard InChI is InChI=1S/C12H16O2/c1-9(2)12(14)11(8-13)10-6-4-3-5-7-10/h3-7,9,11,13H,8H2,1-2H3. The first-order valence-corrected chi connectivity index (χ1v) is 4.86. The molecule has 0 fully saturated rings. The summed E-state index contributed by atoms with van der Waals surface area (Å²) in [6.07, 6.45) is 0. The number of aliphatic hydroxyl groups is 1. The second kappa shape index (κ2) is 4.91. The minimum atomic E-state index is -0.365. The highest BCUT2D eigenvalue weighted by molar-refractivity contribution is 5.87. The predicted molar refractivity (Wildman–Crippen MR) is 56.1 cm³/mol. The minimum Gasteiger partial charge on any atom is -0.395 e. The monoisotopic (exact) mass is 192 g/mol. The van der Waals surface area contributed by atoms with Crippen molar-refractivity contribution in [3.05, 3.63) is 35.9 Å². The number of ketones is 1. The van der Waals surface area contributed by atoms with Crippen molar-refractivity contribution < 1.29 is 9.90 Å². The quantitative estimate of drug-likeness (QED) is 0.792. The maximum absolute atomic E-state index is 11.7. The molecule has 1 atom stereocenters. The largest absolute Gasteiger partial charge is 0.395 e. The third-order valence-electron chi connectivity index (χ3n) is 2.30. The summed E-state index contributed by atoms with van der Waals surface area (Å²) in [5.41, 5.74) is 0.897. The van der Waals surface area contributed by atoms with Gasteiger partial charge in [-0.3, -0.25) is 4.79 Å². The van der Waals surface area contributed by atoms with Crippen LogP contribution in [0.5, 0.6) is 0 Å². The van der Waals surface area contributed by atoms with E-state index < -0.39 is 0 Å². The van der Waals surface area contributed by atoms with Crippen molar-refractivity contribution in [1.82, 2.24) is 0 Å². The average molecular weight is 192 g/mol. The zero-order chi connectivity index (χ0) is 10.6. The van der Waals surface area contributed by atoms with Crippen molar-refractivity contribution in [3.63, 3.8) is 0 Å². The minimum absolute atomic E-state index is 0.0349. The van der Waals surface area contributed by atoms with Gasteiger partial charge in [0.15, 0.2) is 0 Å². The van der Waals surface area contributed by atoms with Crippen LogP contribution in [0.1, 0.15) is 25.3 Å². The molecule has 0 spiro atoms. The topological polar surface area (TPSA) is 37.3 Å². The van der Waals surface area contributed by atoms with E-state index in [0.29, 0.717) is 0 Å². The predicted octanol–water partition coefficient (Wildman–Crippen LogP) is 1.99. The second-order valence-corrected chi connectivity index (χ2v) is 3.70. The average Bonchev–Trinajstić information content (AvgIpc) is 2.20. The molecule has 0 aliphatic rings. The summed E-state index contributed by atoms with van der Waals surface area (Å²) in [6.45, 7) is 3.60. The molecule has 0 aliphatic heterocycles. The molecule has 0 bridgehead atoms. The number of hydrogen-bond donors (Lipinski definition) is 1. The SMILES string of the molecule is CC(C)C(=O)C(CO)c1ccccc1. The molecule has 1 N–H and O–H groups in total. The molecule has 1 aromatic carbocycles. The number of Topliss-reactive ketones (excluding diaryl/α,β-unsaturated/α-hetero) is 1. The lowest BCUT2D eigenvalue weighted by Crippen LogP contribution is -2.21. The van der Waals surface area contributed by atoms with Crippen LogP contribution in [0.4, 0.5) is 0 Å². The van der Waals surface area contributed by atoms with Crippen molar-refractivity contribution in [3.8, 4) is 0 Å². The van der Waals surface area contributed by atoms with Gasteiger partial charge in [-0.15, -0.1) is 0 Å². The van der Waals surface area contributed by atoms with Crippen LogP contribution >= 0.6 is 0 Å². The Morgan fingerprint density at radius 3 is 2.29 bits per heavy atom. The fourth-order valence-electron chi connectivity index (χ4n) is 1.45. The van der Waals surface area contributed by atoms with Crippen LogP contribution in [-0.2, 0) is 4.79 Å². The smallest absolute Gasteiger partial charge is 0.145 e. The van der Waals surface area contributed by atoms with E-state index in [1.54, 1.807) is 0 Å². The van der Waals surface area contributed by atoms with Gasteiger partial charge in [-0.1, -0.05) is 44.2 Å². The van der Waals surface area contributed by atoms with Crippen LogP contribution in [0.25, 0.3) is 0 Å². The summed E-state index contributed by atoms with van der Waals surface area (Å²) in [5.74, 6) is -0.303. The van der Waals surface area contributed by atoms with Gasteiger partial charge in [-0.2, -0.15) is 0 Å². The zero-order valence-electron chi connectivity index (χ0n) is 8.60. The molecule has 1 unspecified atom stereocenters. The van der Waals surface area contributed by atoms with Crippen molar-refractivity contribution in [2.75, 3.05) is 6.61 Å². The van der Waals surface area contributed by atoms with Crippen LogP contribution in [-0.4, -0.2) is 17.5 Å². The first-order chi connectivity index (χ1) is 6.66. The summed E-state index contributed by atoms with van der Waals surface area (Å²) in [7, 11) is 0. The van der Waals surface area contributed by atoms with Gasteiger partial charge in [0.2, 0.25) is 0 Å². The van der Waals surface area contributed by atoms with Gasteiger partial charge in [-0.25, -0.2) is 0 Å². The number of rotatable bonds is 4. The van der Waals surface area contributed by atoms with Gasteiger partial charge >= 0.3 is 0 Å². The Hall–Kier alpha value is -1.15. The molecular weight excluding hydrogens is 176 g/mol. The van der Waals surface area contributed by atoms with Gasteiger partial charge in [0.25, 0.3) is 0 Å². The number of carbonyl (C=O) groups excluding carboxylic acids is 1. The third kappa shape index (κ3) is 2.42. The Balaban J connectivity index is 2.88. The highest BCUT2D eigenvalue weighted by atomic mass is 16.3. The first kappa shape index (κ1) is 10.9. The van der Waals surface area contributed by atoms with E-state index in [-0.39, 0.29) is 24.2 Å². The van der Waals surface area contributed by atoms with Gasteiger partial charge < -0.3 is 5.11 Å². The van der Waals surface area contributed by atoms with E-state index in [2.05, 4.69) is 0 Å². The molecule has 0 amide bonds. The maximum atomic E-state index is 11.7. The third-order valence-corrected chi connectivity index (χ3v) is 2.30. The summed E-state index contributed by atoms with van der Waals surface area (Å²) in [5, 5.41) is 9.18. The van der Waals surface area contributed by atoms with E-state index in [0.717, 1.165) is 5.56 Å². The molecule has 0 saturated carbocycles. The fraction of sp³-hybridized carbons (Fsp3) is 0.417. The first-order valence-electron chi connectivity index (χ1n) is 4.86. The van der Waals surface area contributed by atoms with Crippen LogP contribution in [0, 0.1) is 5.92 Å². The Labute approximate surface area is 84.6 Å². The molecule has 0 saturated heterocycles. The number of hydrogen-bond acceptors (Lipinski definition) is 2. The van der Waals surface area contributed by atoms with E-state index in [1.807, 2.05) is 44.2 Å². The van der Waals surface area contributed by atoms with Gasteiger partial charge in [0.1, 0.15) is 5.78 Å². The van der Waals surface area contributed by atoms with E-state index in [1.165, 1.54) is 0 Å². The molecule has 76 valence electrons. The molecule has 0 heterocycles. The number of benzene rings is 1. The molecule has 14 heavy (non-hydrogen) atoms. The zero-order valence-corrected chi connectivity index (χ0v) is 8.60. The molecule has 2 nitrogen and oxygen atoms in total. The van der Waals surface area contributed by atoms with Crippen molar-refractivity contribution in [2.45, 2.75) is 19.8 Å². The normalized spacial score (nSPS) is 12.9. The van der Waals surface area contributed by atoms with Crippen molar-refractivity contribution >= 4 is 5.78 Å². The van der Waals surface area contributed by atoms with Crippen LogP contribution in [0.15, 0.2) is 30.3 Å². The molecule has 0 aromatic heterocycles. The Morgan fingerprint density at radius 1 is 1.29 bits per heavy atom. The van der Waals surface area contributed by atoms with Crippen molar-refractivity contribution in [2.24, 2.45) is 5.92 Å². The van der Waals surface area contributed by atoms with Crippen LogP contribution in [0.2, 0.25) is 0 Å². The molecule has 0 radical (unpaired) electrons. The fourth-order valence-corrected chi connectivity index (χ4v) is 1.45. The molecular formula is C12H16O2. The van der Waals surface area contributed by atoms with Crippen LogP contribution < -0.4 is 0 Å². The Kier molecular flexibility index (Phi) is 3.84. The second-order valence-electron chi connectivity index (χ2n) is 3.70. The lowest BCUT2D eigenvalue weighted by atomic mass is 9.90. The highest BCUT2D eigenvalue weighted by Crippen LogP contribution is 2.19. The summed E-state index contributed by atoms with van der Waals surface area (Å²) in [4.78, 5) is 11.7. The molecule has 0 aliphatic carbocycles. The Morgan fingerprint density at radius 2 is 1.86 bits per heavy atom. The van der Waals surface area contributed by atoms with Crippen molar-refractivity contribution in [1.29, 1.82) is 0 Å². The lowest BCUT2D eigenvalue weighted by molar-refractivity contribution is -0.124. The lowest BCUT2D eigenvalue weighted by Gasteiger charge is -2.15. The van der Waals surface area contributed by atoms with Gasteiger partial charge in [0, 0.05) is 5.92 Å². The summed E-state index contributed by atoms with van der Waals surface area (Å²) in [6, 6.07) is 9.41. The Bertz CT molecular complexity index is 290. The van der Waals surface area contributed by atoms with E-state index >= 15 is 0 Å². The number of aliphatic hydroxyl groups excluding tert-OH is 1. The van der Waals surface area contributed by atoms with Gasteiger partial charge in [-0.05, 0) is 5.56 Å². The van der Waals surface area contributed by atoms with Crippen LogP contribution in [0.3, 0.4) is 0 Å². The molecule has 2 heteroatoms. The molecule has 1 aromatic rings. The number of carbonyl (C=O) groups is 1. The molecule has 1 rings (SSSR count). The van der Waals surface area contributed by atoms with E-state index in [4.69, 9.17) is 0 Å². The van der Waals surface area contributed by atoms with Gasteiger partial charge in [0.05, 0.1) is 12.5 Å². The maximum Gasteiger partial charge on any atom is 0.145 e.